The number of nitrogen functional groups attached to an aromatic ring is 1. The fourth-order valence-electron chi connectivity index (χ4n) is 2.32. The van der Waals surface area contributed by atoms with Gasteiger partial charge in [0.1, 0.15) is 12.0 Å². The Labute approximate surface area is 145 Å². The fourth-order valence-corrected chi connectivity index (χ4v) is 3.03. The van der Waals surface area contributed by atoms with E-state index in [1.54, 1.807) is 17.5 Å². The molecule has 0 fully saturated rings. The van der Waals surface area contributed by atoms with Crippen LogP contribution < -0.4 is 16.4 Å². The summed E-state index contributed by atoms with van der Waals surface area (Å²) >= 11 is 1.76. The monoisotopic (exact) mass is 343 g/mol. The Balaban J connectivity index is 1.47. The summed E-state index contributed by atoms with van der Waals surface area (Å²) in [6.45, 7) is 2.49. The number of nitrogens with one attached hydrogen (secondary N) is 2. The minimum atomic E-state index is 0.561. The third-order valence-electron chi connectivity index (χ3n) is 3.57. The van der Waals surface area contributed by atoms with Gasteiger partial charge in [-0.1, -0.05) is 6.07 Å². The van der Waals surface area contributed by atoms with Crippen LogP contribution in [0.4, 0.5) is 17.3 Å². The topological polar surface area (TPSA) is 93.7 Å². The number of rotatable bonds is 9. The van der Waals surface area contributed by atoms with Gasteiger partial charge in [-0.2, -0.15) is 0 Å². The molecule has 24 heavy (non-hydrogen) atoms. The van der Waals surface area contributed by atoms with Crippen LogP contribution in [0.1, 0.15) is 11.3 Å². The zero-order valence-corrected chi connectivity index (χ0v) is 14.2. The lowest BCUT2D eigenvalue weighted by atomic mass is 10.3. The Bertz CT molecular complexity index is 725. The van der Waals surface area contributed by atoms with E-state index >= 15 is 0 Å². The van der Waals surface area contributed by atoms with Crippen molar-refractivity contribution in [2.24, 2.45) is 0 Å². The van der Waals surface area contributed by atoms with Crippen LogP contribution in [0.15, 0.2) is 42.6 Å². The van der Waals surface area contributed by atoms with Crippen LogP contribution in [-0.4, -0.2) is 32.6 Å². The largest absolute Gasteiger partial charge is 0.393 e. The Hall–Kier alpha value is -2.61. The first-order valence-corrected chi connectivity index (χ1v) is 8.77. The third-order valence-corrected chi connectivity index (χ3v) is 4.51. The molecule has 0 aliphatic heterocycles. The average Bonchev–Trinajstić information content (AvgIpc) is 3.28. The molecule has 3 heterocycles. The zero-order chi connectivity index (χ0) is 16.6. The van der Waals surface area contributed by atoms with Crippen LogP contribution in [0.3, 0.4) is 0 Å². The van der Waals surface area contributed by atoms with E-state index in [4.69, 9.17) is 5.73 Å². The summed E-state index contributed by atoms with van der Waals surface area (Å²) in [7, 11) is 0. The second-order valence-electron chi connectivity index (χ2n) is 5.32. The summed E-state index contributed by atoms with van der Waals surface area (Å²) in [6, 6.07) is 4.19. The maximum absolute atomic E-state index is 6.16. The second kappa shape index (κ2) is 8.30. The van der Waals surface area contributed by atoms with Gasteiger partial charge in [0.05, 0.1) is 6.33 Å². The highest BCUT2D eigenvalue weighted by atomic mass is 32.1. The summed E-state index contributed by atoms with van der Waals surface area (Å²) in [5.74, 6) is 1.35. The van der Waals surface area contributed by atoms with Gasteiger partial charge in [0, 0.05) is 36.9 Å². The van der Waals surface area contributed by atoms with Crippen molar-refractivity contribution >= 4 is 28.7 Å². The smallest absolute Gasteiger partial charge is 0.154 e. The number of nitrogens with zero attached hydrogens (tertiary/aromatic N) is 4. The highest BCUT2D eigenvalue weighted by molar-refractivity contribution is 7.09. The van der Waals surface area contributed by atoms with E-state index in [9.17, 15) is 0 Å². The van der Waals surface area contributed by atoms with Crippen LogP contribution in [0, 0.1) is 0 Å². The molecule has 0 bridgehead atoms. The minimum Gasteiger partial charge on any atom is -0.393 e. The third kappa shape index (κ3) is 4.45. The molecule has 3 aromatic heterocycles. The number of hydrogen-bond acceptors (Lipinski definition) is 7. The number of anilines is 3. The fraction of sp³-hybridized carbons (Fsp3) is 0.312. The van der Waals surface area contributed by atoms with E-state index in [0.717, 1.165) is 32.5 Å². The van der Waals surface area contributed by atoms with Crippen molar-refractivity contribution in [3.05, 3.63) is 47.4 Å². The first-order valence-electron chi connectivity index (χ1n) is 7.89. The highest BCUT2D eigenvalue weighted by Crippen LogP contribution is 2.22. The van der Waals surface area contributed by atoms with E-state index < -0.39 is 0 Å². The predicted molar refractivity (Wildman–Crippen MR) is 98.3 cm³/mol. The van der Waals surface area contributed by atoms with Gasteiger partial charge in [0.15, 0.2) is 11.6 Å². The van der Waals surface area contributed by atoms with Gasteiger partial charge in [0.2, 0.25) is 0 Å². The molecular formula is C16H21N7S. The summed E-state index contributed by atoms with van der Waals surface area (Å²) in [5, 5.41) is 8.64. The molecule has 0 aliphatic carbocycles. The molecule has 0 aliphatic rings. The molecule has 4 N–H and O–H groups in total. The van der Waals surface area contributed by atoms with Gasteiger partial charge in [-0.15, -0.1) is 11.3 Å². The Morgan fingerprint density at radius 2 is 2.00 bits per heavy atom. The Kier molecular flexibility index (Phi) is 5.62. The molecule has 0 atom stereocenters. The lowest BCUT2D eigenvalue weighted by Crippen LogP contribution is -2.13. The lowest BCUT2D eigenvalue weighted by Gasteiger charge is -2.12. The number of aryl methyl sites for hydroxylation is 1. The van der Waals surface area contributed by atoms with Crippen molar-refractivity contribution in [1.82, 2.24) is 19.5 Å². The molecule has 0 spiro atoms. The van der Waals surface area contributed by atoms with Crippen molar-refractivity contribution in [1.29, 1.82) is 0 Å². The first-order chi connectivity index (χ1) is 11.8. The van der Waals surface area contributed by atoms with Crippen molar-refractivity contribution in [2.45, 2.75) is 19.4 Å². The van der Waals surface area contributed by atoms with Crippen LogP contribution in [0.25, 0.3) is 0 Å². The van der Waals surface area contributed by atoms with Gasteiger partial charge in [-0.05, 0) is 24.3 Å². The van der Waals surface area contributed by atoms with Crippen LogP contribution >= 0.6 is 11.3 Å². The lowest BCUT2D eigenvalue weighted by molar-refractivity contribution is 0.660. The quantitative estimate of drug-likeness (QED) is 0.517. The van der Waals surface area contributed by atoms with Gasteiger partial charge < -0.3 is 20.9 Å². The molecule has 0 radical (unpaired) electrons. The SMILES string of the molecule is Nc1c(NCCCn2ccnc2)ncnc1NCCc1cccs1. The molecule has 126 valence electrons. The number of aromatic nitrogens is 4. The first kappa shape index (κ1) is 16.3. The number of hydrogen-bond donors (Lipinski definition) is 3. The van der Waals surface area contributed by atoms with Gasteiger partial charge in [0.25, 0.3) is 0 Å². The van der Waals surface area contributed by atoms with E-state index in [0.29, 0.717) is 17.3 Å². The van der Waals surface area contributed by atoms with Crippen molar-refractivity contribution in [3.8, 4) is 0 Å². The van der Waals surface area contributed by atoms with E-state index in [1.807, 2.05) is 17.1 Å². The molecule has 3 aromatic rings. The van der Waals surface area contributed by atoms with E-state index in [2.05, 4.69) is 43.1 Å². The summed E-state index contributed by atoms with van der Waals surface area (Å²) < 4.78 is 2.04. The van der Waals surface area contributed by atoms with Crippen molar-refractivity contribution in [2.75, 3.05) is 29.5 Å². The molecular weight excluding hydrogens is 322 g/mol. The molecule has 0 saturated heterocycles. The van der Waals surface area contributed by atoms with Crippen molar-refractivity contribution in [3.63, 3.8) is 0 Å². The average molecular weight is 343 g/mol. The van der Waals surface area contributed by atoms with Gasteiger partial charge in [-0.3, -0.25) is 0 Å². The Morgan fingerprint density at radius 3 is 2.71 bits per heavy atom. The molecule has 0 saturated carbocycles. The van der Waals surface area contributed by atoms with Crippen LogP contribution in [0.5, 0.6) is 0 Å². The molecule has 7 nitrogen and oxygen atoms in total. The predicted octanol–water partition coefficient (Wildman–Crippen LogP) is 2.47. The van der Waals surface area contributed by atoms with Crippen molar-refractivity contribution < 1.29 is 0 Å². The number of thiophene rings is 1. The zero-order valence-electron chi connectivity index (χ0n) is 13.4. The Morgan fingerprint density at radius 1 is 1.17 bits per heavy atom. The summed E-state index contributed by atoms with van der Waals surface area (Å²) in [4.78, 5) is 13.8. The standard InChI is InChI=1S/C16H21N7S/c17-14-15(19-5-2-8-23-9-7-18-12-23)21-11-22-16(14)20-6-4-13-3-1-10-24-13/h1,3,7,9-12H,2,4-6,8,17H2,(H2,19,20,21,22). The van der Waals surface area contributed by atoms with Crippen LogP contribution in [-0.2, 0) is 13.0 Å². The summed E-state index contributed by atoms with van der Waals surface area (Å²) in [6.07, 6.45) is 8.99. The molecule has 3 rings (SSSR count). The minimum absolute atomic E-state index is 0.561. The van der Waals surface area contributed by atoms with Gasteiger partial charge in [-0.25, -0.2) is 15.0 Å². The molecule has 0 amide bonds. The molecule has 0 aromatic carbocycles. The van der Waals surface area contributed by atoms with E-state index in [1.165, 1.54) is 11.2 Å². The number of nitrogens with two attached hydrogens (primary N) is 1. The maximum atomic E-state index is 6.16. The maximum Gasteiger partial charge on any atom is 0.154 e. The van der Waals surface area contributed by atoms with Crippen LogP contribution in [0.2, 0.25) is 0 Å². The van der Waals surface area contributed by atoms with Gasteiger partial charge >= 0.3 is 0 Å². The van der Waals surface area contributed by atoms with E-state index in [-0.39, 0.29) is 0 Å². The molecule has 0 unspecified atom stereocenters. The molecule has 8 heteroatoms. The second-order valence-corrected chi connectivity index (χ2v) is 6.35. The normalized spacial score (nSPS) is 10.7. The highest BCUT2D eigenvalue weighted by Gasteiger charge is 2.07. The summed E-state index contributed by atoms with van der Waals surface area (Å²) in [5.41, 5.74) is 6.72. The number of imidazole rings is 1.